The van der Waals surface area contributed by atoms with Crippen molar-refractivity contribution in [2.24, 2.45) is 5.73 Å². The number of urea groups is 1. The van der Waals surface area contributed by atoms with Crippen LogP contribution in [-0.4, -0.2) is 18.5 Å². The molecule has 5 heteroatoms. The summed E-state index contributed by atoms with van der Waals surface area (Å²) in [4.78, 5) is 22.9. The van der Waals surface area contributed by atoms with Crippen molar-refractivity contribution in [1.82, 2.24) is 5.32 Å². The first-order valence-corrected chi connectivity index (χ1v) is 7.62. The number of allylic oxidation sites excluding steroid dienone is 3. The Labute approximate surface area is 137 Å². The van der Waals surface area contributed by atoms with Gasteiger partial charge in [-0.3, -0.25) is 4.79 Å². The van der Waals surface area contributed by atoms with Gasteiger partial charge in [0, 0.05) is 17.8 Å². The number of benzene rings is 1. The van der Waals surface area contributed by atoms with Crippen LogP contribution in [0.4, 0.5) is 10.5 Å². The summed E-state index contributed by atoms with van der Waals surface area (Å²) in [7, 11) is 0. The van der Waals surface area contributed by atoms with Crippen LogP contribution in [0.15, 0.2) is 47.6 Å². The largest absolute Gasteiger partial charge is 0.366 e. The fourth-order valence-corrected chi connectivity index (χ4v) is 1.93. The van der Waals surface area contributed by atoms with E-state index in [0.717, 1.165) is 12.8 Å². The van der Waals surface area contributed by atoms with E-state index in [1.54, 1.807) is 24.3 Å². The molecule has 0 saturated heterocycles. The first-order valence-electron chi connectivity index (χ1n) is 7.62. The molecule has 0 aliphatic rings. The summed E-state index contributed by atoms with van der Waals surface area (Å²) in [5.74, 6) is -0.524. The van der Waals surface area contributed by atoms with Crippen molar-refractivity contribution >= 4 is 17.6 Å². The van der Waals surface area contributed by atoms with Crippen molar-refractivity contribution in [3.63, 3.8) is 0 Å². The molecule has 0 aromatic heterocycles. The highest BCUT2D eigenvalue weighted by Gasteiger charge is 2.04. The Bertz CT molecular complexity index is 614. The quantitative estimate of drug-likeness (QED) is 0.672. The molecular formula is C18H25N3O2. The first-order chi connectivity index (χ1) is 10.9. The molecule has 0 saturated carbocycles. The number of nitrogens with one attached hydrogen (secondary N) is 2. The summed E-state index contributed by atoms with van der Waals surface area (Å²) in [5.41, 5.74) is 8.64. The number of rotatable bonds is 7. The van der Waals surface area contributed by atoms with Crippen molar-refractivity contribution in [1.29, 1.82) is 0 Å². The van der Waals surface area contributed by atoms with E-state index >= 15 is 0 Å². The monoisotopic (exact) mass is 315 g/mol. The van der Waals surface area contributed by atoms with E-state index in [0.29, 0.717) is 17.8 Å². The summed E-state index contributed by atoms with van der Waals surface area (Å²) in [6, 6.07) is 6.20. The number of hydrogen-bond acceptors (Lipinski definition) is 2. The van der Waals surface area contributed by atoms with Crippen LogP contribution in [0.5, 0.6) is 0 Å². The van der Waals surface area contributed by atoms with Crippen LogP contribution in [0.3, 0.4) is 0 Å². The Balaban J connectivity index is 2.41. The Hall–Kier alpha value is -2.56. The molecule has 4 N–H and O–H groups in total. The highest BCUT2D eigenvalue weighted by Crippen LogP contribution is 2.10. The lowest BCUT2D eigenvalue weighted by molar-refractivity contribution is 0.100. The number of carbonyl (C=O) groups is 2. The Morgan fingerprint density at radius 3 is 2.57 bits per heavy atom. The molecule has 0 fully saturated rings. The van der Waals surface area contributed by atoms with Crippen LogP contribution in [-0.2, 0) is 0 Å². The van der Waals surface area contributed by atoms with Crippen LogP contribution in [0.25, 0.3) is 0 Å². The van der Waals surface area contributed by atoms with Gasteiger partial charge >= 0.3 is 6.03 Å². The summed E-state index contributed by atoms with van der Waals surface area (Å²) in [6.45, 7) is 6.67. The van der Waals surface area contributed by atoms with Gasteiger partial charge in [0.25, 0.3) is 0 Å². The average Bonchev–Trinajstić information content (AvgIpc) is 2.47. The molecule has 0 spiro atoms. The molecule has 0 heterocycles. The van der Waals surface area contributed by atoms with Crippen molar-refractivity contribution in [3.8, 4) is 0 Å². The van der Waals surface area contributed by atoms with Crippen LogP contribution in [0, 0.1) is 0 Å². The third-order valence-electron chi connectivity index (χ3n) is 3.21. The molecule has 0 atom stereocenters. The van der Waals surface area contributed by atoms with Crippen molar-refractivity contribution in [2.75, 3.05) is 11.9 Å². The molecule has 1 aromatic rings. The predicted molar refractivity (Wildman–Crippen MR) is 94.4 cm³/mol. The lowest BCUT2D eigenvalue weighted by atomic mass is 10.1. The summed E-state index contributed by atoms with van der Waals surface area (Å²) < 4.78 is 0. The summed E-state index contributed by atoms with van der Waals surface area (Å²) >= 11 is 0. The second-order valence-electron chi connectivity index (χ2n) is 5.65. The minimum absolute atomic E-state index is 0.319. The zero-order valence-electron chi connectivity index (χ0n) is 14.0. The van der Waals surface area contributed by atoms with Gasteiger partial charge in [-0.25, -0.2) is 4.79 Å². The van der Waals surface area contributed by atoms with Crippen molar-refractivity contribution in [3.05, 3.63) is 53.1 Å². The topological polar surface area (TPSA) is 84.2 Å². The molecule has 1 rings (SSSR count). The number of amides is 3. The zero-order valence-corrected chi connectivity index (χ0v) is 14.0. The van der Waals surface area contributed by atoms with Gasteiger partial charge in [-0.2, -0.15) is 0 Å². The molecule has 1 aromatic carbocycles. The normalized spacial score (nSPS) is 10.8. The maximum absolute atomic E-state index is 11.8. The minimum Gasteiger partial charge on any atom is -0.366 e. The van der Waals surface area contributed by atoms with Gasteiger partial charge in [0.15, 0.2) is 0 Å². The molecule has 23 heavy (non-hydrogen) atoms. The van der Waals surface area contributed by atoms with E-state index in [4.69, 9.17) is 5.73 Å². The van der Waals surface area contributed by atoms with Gasteiger partial charge < -0.3 is 16.4 Å². The van der Waals surface area contributed by atoms with Crippen LogP contribution < -0.4 is 16.4 Å². The Morgan fingerprint density at radius 1 is 1.17 bits per heavy atom. The van der Waals surface area contributed by atoms with E-state index in [1.165, 1.54) is 11.1 Å². The molecule has 0 aliphatic carbocycles. The molecule has 5 nitrogen and oxygen atoms in total. The summed E-state index contributed by atoms with van der Waals surface area (Å²) in [5, 5.41) is 5.42. The number of primary amides is 1. The van der Waals surface area contributed by atoms with Gasteiger partial charge in [-0.1, -0.05) is 29.4 Å². The van der Waals surface area contributed by atoms with Gasteiger partial charge in [0.1, 0.15) is 0 Å². The maximum Gasteiger partial charge on any atom is 0.319 e. The summed E-state index contributed by atoms with van der Waals surface area (Å²) in [6.07, 6.45) is 6.19. The van der Waals surface area contributed by atoms with Gasteiger partial charge in [0.05, 0.1) is 0 Å². The van der Waals surface area contributed by atoms with Gasteiger partial charge in [-0.05, 0) is 51.8 Å². The second-order valence-corrected chi connectivity index (χ2v) is 5.65. The molecule has 124 valence electrons. The molecule has 0 unspecified atom stereocenters. The number of carbonyl (C=O) groups excluding carboxylic acids is 2. The number of nitrogens with two attached hydrogens (primary N) is 1. The molecular weight excluding hydrogens is 290 g/mol. The van der Waals surface area contributed by atoms with Gasteiger partial charge in [0.2, 0.25) is 5.91 Å². The SMILES string of the molecule is CC(C)=CCC/C(C)=C/CNC(=O)Nc1cccc(C(N)=O)c1. The standard InChI is InChI=1S/C18H25N3O2/c1-13(2)6-4-7-14(3)10-11-20-18(23)21-16-9-5-8-15(12-16)17(19)22/h5-6,8-10,12H,4,7,11H2,1-3H3,(H2,19,22)(H2,20,21,23)/b14-10+. The fraction of sp³-hybridized carbons (Fsp3) is 0.333. The average molecular weight is 315 g/mol. The van der Waals surface area contributed by atoms with Crippen molar-refractivity contribution < 1.29 is 9.59 Å². The van der Waals surface area contributed by atoms with Crippen LogP contribution >= 0.6 is 0 Å². The van der Waals surface area contributed by atoms with Crippen LogP contribution in [0.1, 0.15) is 44.0 Å². The minimum atomic E-state index is -0.524. The second kappa shape index (κ2) is 9.46. The van der Waals surface area contributed by atoms with Gasteiger partial charge in [-0.15, -0.1) is 0 Å². The fourth-order valence-electron chi connectivity index (χ4n) is 1.93. The number of hydrogen-bond donors (Lipinski definition) is 3. The molecule has 3 amide bonds. The molecule has 0 aliphatic heterocycles. The van der Waals surface area contributed by atoms with Crippen LogP contribution in [0.2, 0.25) is 0 Å². The van der Waals surface area contributed by atoms with Crippen molar-refractivity contribution in [2.45, 2.75) is 33.6 Å². The smallest absolute Gasteiger partial charge is 0.319 e. The lowest BCUT2D eigenvalue weighted by Crippen LogP contribution is -2.29. The maximum atomic E-state index is 11.8. The highest BCUT2D eigenvalue weighted by atomic mass is 16.2. The molecule has 0 radical (unpaired) electrons. The first kappa shape index (κ1) is 18.5. The van der Waals surface area contributed by atoms with E-state index in [2.05, 4.69) is 37.5 Å². The molecule has 0 bridgehead atoms. The Kier molecular flexibility index (Phi) is 7.60. The van der Waals surface area contributed by atoms with E-state index in [-0.39, 0.29) is 6.03 Å². The Morgan fingerprint density at radius 2 is 1.91 bits per heavy atom. The van der Waals surface area contributed by atoms with E-state index < -0.39 is 5.91 Å². The third-order valence-corrected chi connectivity index (χ3v) is 3.21. The predicted octanol–water partition coefficient (Wildman–Crippen LogP) is 3.60. The lowest BCUT2D eigenvalue weighted by Gasteiger charge is -2.07. The number of anilines is 1. The van der Waals surface area contributed by atoms with E-state index in [9.17, 15) is 9.59 Å². The van der Waals surface area contributed by atoms with E-state index in [1.807, 2.05) is 6.08 Å². The zero-order chi connectivity index (χ0) is 17.2. The highest BCUT2D eigenvalue weighted by molar-refractivity contribution is 5.95. The third kappa shape index (κ3) is 7.85.